The number of carboxylic acids is 1. The molecule has 2 aromatic carbocycles. The quantitative estimate of drug-likeness (QED) is 0.357. The van der Waals surface area contributed by atoms with E-state index in [0.29, 0.717) is 11.3 Å². The molecule has 1 aliphatic rings. The average Bonchev–Trinajstić information content (AvgIpc) is 2.69. The van der Waals surface area contributed by atoms with Crippen LogP contribution in [0.5, 0.6) is 0 Å². The molecule has 1 atom stereocenters. The van der Waals surface area contributed by atoms with Gasteiger partial charge >= 0.3 is 5.97 Å². The summed E-state index contributed by atoms with van der Waals surface area (Å²) in [6, 6.07) is 18.9. The van der Waals surface area contributed by atoms with Crippen LogP contribution in [-0.4, -0.2) is 28.3 Å². The summed E-state index contributed by atoms with van der Waals surface area (Å²) < 4.78 is 0. The van der Waals surface area contributed by atoms with E-state index in [4.69, 9.17) is 9.94 Å². The largest absolute Gasteiger partial charge is 0.478 e. The molecule has 0 saturated carbocycles. The topological polar surface area (TPSA) is 79.2 Å². The number of oxime groups is 1. The number of nitrogens with zero attached hydrogens (tertiary/aromatic N) is 2. The van der Waals surface area contributed by atoms with Crippen molar-refractivity contribution in [2.75, 3.05) is 4.90 Å². The fourth-order valence-corrected chi connectivity index (χ4v) is 2.88. The van der Waals surface area contributed by atoms with Crippen molar-refractivity contribution in [3.05, 3.63) is 77.9 Å². The number of hydrogen-bond donors (Lipinski definition) is 1. The first-order valence-corrected chi connectivity index (χ1v) is 8.92. The minimum absolute atomic E-state index is 0.118. The van der Waals surface area contributed by atoms with Crippen LogP contribution in [0.3, 0.4) is 0 Å². The van der Waals surface area contributed by atoms with Crippen LogP contribution < -0.4 is 4.90 Å². The predicted octanol–water partition coefficient (Wildman–Crippen LogP) is 3.96. The summed E-state index contributed by atoms with van der Waals surface area (Å²) in [6.45, 7) is 4.50. The summed E-state index contributed by atoms with van der Waals surface area (Å²) in [5.41, 5.74) is 1.35. The second-order valence-electron chi connectivity index (χ2n) is 7.06. The van der Waals surface area contributed by atoms with E-state index in [2.05, 4.69) is 5.16 Å². The maximum atomic E-state index is 12.9. The van der Waals surface area contributed by atoms with Crippen LogP contribution in [-0.2, 0) is 14.4 Å². The number of aliphatic carboxylic acids is 1. The van der Waals surface area contributed by atoms with Crippen molar-refractivity contribution in [1.82, 2.24) is 0 Å². The Kier molecular flexibility index (Phi) is 5.31. The van der Waals surface area contributed by atoms with Crippen LogP contribution in [0.25, 0.3) is 0 Å². The number of carbonyl (C=O) groups is 2. The van der Waals surface area contributed by atoms with Gasteiger partial charge in [0.15, 0.2) is 0 Å². The molecule has 6 nitrogen and oxygen atoms in total. The van der Waals surface area contributed by atoms with Gasteiger partial charge < -0.3 is 9.94 Å². The van der Waals surface area contributed by atoms with Crippen LogP contribution in [0, 0.1) is 0 Å². The summed E-state index contributed by atoms with van der Waals surface area (Å²) >= 11 is 0. The monoisotopic (exact) mass is 378 g/mol. The van der Waals surface area contributed by atoms with Crippen LogP contribution in [0.4, 0.5) is 5.69 Å². The molecule has 3 rings (SSSR count). The van der Waals surface area contributed by atoms with Crippen molar-refractivity contribution >= 4 is 23.3 Å². The van der Waals surface area contributed by atoms with E-state index < -0.39 is 11.6 Å². The lowest BCUT2D eigenvalue weighted by molar-refractivity contribution is -0.161. The molecule has 0 radical (unpaired) electrons. The molecular formula is C22H22N2O4. The first-order valence-electron chi connectivity index (χ1n) is 8.92. The van der Waals surface area contributed by atoms with Crippen LogP contribution in [0.15, 0.2) is 77.5 Å². The molecule has 1 saturated heterocycles. The third-order valence-electron chi connectivity index (χ3n) is 4.47. The van der Waals surface area contributed by atoms with E-state index in [1.165, 1.54) is 13.8 Å². The Balaban J connectivity index is 1.92. The van der Waals surface area contributed by atoms with Gasteiger partial charge in [0.05, 0.1) is 11.8 Å². The first kappa shape index (κ1) is 19.4. The predicted molar refractivity (Wildman–Crippen MR) is 107 cm³/mol. The molecule has 0 aromatic heterocycles. The van der Waals surface area contributed by atoms with Gasteiger partial charge in [-0.2, -0.15) is 0 Å². The molecule has 1 N–H and O–H groups in total. The maximum absolute atomic E-state index is 12.9. The molecule has 1 fully saturated rings. The maximum Gasteiger partial charge on any atom is 0.350 e. The molecule has 144 valence electrons. The van der Waals surface area contributed by atoms with Gasteiger partial charge in [-0.15, -0.1) is 0 Å². The number of benzene rings is 2. The molecule has 1 heterocycles. The number of rotatable bonds is 6. The van der Waals surface area contributed by atoms with Crippen LogP contribution in [0.2, 0.25) is 0 Å². The minimum Gasteiger partial charge on any atom is -0.478 e. The number of amides is 1. The third-order valence-corrected chi connectivity index (χ3v) is 4.47. The van der Waals surface area contributed by atoms with Crippen molar-refractivity contribution in [2.45, 2.75) is 32.4 Å². The molecule has 1 unspecified atom stereocenters. The zero-order valence-corrected chi connectivity index (χ0v) is 16.0. The normalized spacial score (nSPS) is 18.8. The van der Waals surface area contributed by atoms with E-state index in [9.17, 15) is 9.59 Å². The summed E-state index contributed by atoms with van der Waals surface area (Å²) in [7, 11) is 0. The zero-order chi connectivity index (χ0) is 20.3. The summed E-state index contributed by atoms with van der Waals surface area (Å²) in [4.78, 5) is 30.9. The summed E-state index contributed by atoms with van der Waals surface area (Å²) in [5.74, 6) is -1.24. The minimum atomic E-state index is -1.45. The Bertz CT molecular complexity index is 934. The third kappa shape index (κ3) is 3.81. The molecule has 1 amide bonds. The lowest BCUT2D eigenvalue weighted by Crippen LogP contribution is -2.49. The van der Waals surface area contributed by atoms with E-state index in [-0.39, 0.29) is 11.9 Å². The lowest BCUT2D eigenvalue weighted by atomic mass is 9.86. The van der Waals surface area contributed by atoms with E-state index in [1.807, 2.05) is 60.7 Å². The van der Waals surface area contributed by atoms with E-state index in [0.717, 1.165) is 11.3 Å². The SMILES string of the molecule is CC(/C=C1/C(=O)N(c2ccccc2)C1c1ccccc1)=N\OC(C)(C)C(=O)O. The number of para-hydroxylation sites is 1. The first-order chi connectivity index (χ1) is 13.3. The van der Waals surface area contributed by atoms with E-state index >= 15 is 0 Å². The summed E-state index contributed by atoms with van der Waals surface area (Å²) in [6.07, 6.45) is 1.65. The van der Waals surface area contributed by atoms with Crippen LogP contribution in [0.1, 0.15) is 32.4 Å². The van der Waals surface area contributed by atoms with Gasteiger partial charge in [0.1, 0.15) is 0 Å². The van der Waals surface area contributed by atoms with Crippen molar-refractivity contribution in [3.8, 4) is 0 Å². The van der Waals surface area contributed by atoms with Crippen molar-refractivity contribution < 1.29 is 19.5 Å². The number of anilines is 1. The van der Waals surface area contributed by atoms with Crippen molar-refractivity contribution in [3.63, 3.8) is 0 Å². The van der Waals surface area contributed by atoms with Gasteiger partial charge in [-0.25, -0.2) is 4.79 Å². The molecule has 1 aliphatic heterocycles. The van der Waals surface area contributed by atoms with E-state index in [1.54, 1.807) is 17.9 Å². The average molecular weight is 378 g/mol. The highest BCUT2D eigenvalue weighted by Gasteiger charge is 2.43. The van der Waals surface area contributed by atoms with Gasteiger partial charge in [0, 0.05) is 11.3 Å². The van der Waals surface area contributed by atoms with Gasteiger partial charge in [0.25, 0.3) is 5.91 Å². The van der Waals surface area contributed by atoms with Crippen molar-refractivity contribution in [1.29, 1.82) is 0 Å². The Morgan fingerprint density at radius 1 is 1.11 bits per heavy atom. The molecule has 0 aliphatic carbocycles. The molecular weight excluding hydrogens is 356 g/mol. The lowest BCUT2D eigenvalue weighted by Gasteiger charge is -2.43. The van der Waals surface area contributed by atoms with Crippen LogP contribution >= 0.6 is 0 Å². The number of allylic oxidation sites excluding steroid dienone is 1. The second kappa shape index (κ2) is 7.68. The van der Waals surface area contributed by atoms with Gasteiger partial charge in [-0.05, 0) is 44.5 Å². The van der Waals surface area contributed by atoms with Gasteiger partial charge in [-0.3, -0.25) is 9.69 Å². The molecule has 0 bridgehead atoms. The number of hydrogen-bond acceptors (Lipinski definition) is 4. The molecule has 6 heteroatoms. The standard InChI is InChI=1S/C22H22N2O4/c1-15(23-28-22(2,3)21(26)27)14-18-19(16-10-6-4-7-11-16)24(20(18)25)17-12-8-5-9-13-17/h4-14,19H,1-3H3,(H,26,27)/b18-14+,23-15+. The Morgan fingerprint density at radius 3 is 2.25 bits per heavy atom. The Morgan fingerprint density at radius 2 is 1.68 bits per heavy atom. The second-order valence-corrected chi connectivity index (χ2v) is 7.06. The Hall–Kier alpha value is -3.41. The zero-order valence-electron chi connectivity index (χ0n) is 16.0. The van der Waals surface area contributed by atoms with Crippen molar-refractivity contribution in [2.24, 2.45) is 5.16 Å². The number of carbonyl (C=O) groups excluding carboxylic acids is 1. The fraction of sp³-hybridized carbons (Fsp3) is 0.227. The smallest absolute Gasteiger partial charge is 0.350 e. The highest BCUT2D eigenvalue weighted by molar-refractivity contribution is 6.18. The molecule has 2 aromatic rings. The summed E-state index contributed by atoms with van der Waals surface area (Å²) in [5, 5.41) is 13.0. The fourth-order valence-electron chi connectivity index (χ4n) is 2.88. The van der Waals surface area contributed by atoms with Gasteiger partial charge in [0.2, 0.25) is 5.60 Å². The highest BCUT2D eigenvalue weighted by Crippen LogP contribution is 2.42. The molecule has 28 heavy (non-hydrogen) atoms. The number of carboxylic acid groups (broad SMARTS) is 1. The molecule has 0 spiro atoms. The Labute approximate surface area is 163 Å². The highest BCUT2D eigenvalue weighted by atomic mass is 16.7. The number of β-lactam (4-membered cyclic amide) rings is 1. The van der Waals surface area contributed by atoms with Gasteiger partial charge in [-0.1, -0.05) is 53.7 Å².